The second kappa shape index (κ2) is 9.62. The number of pyridine rings is 2. The molecule has 0 spiro atoms. The number of nitrogens with zero attached hydrogens (tertiary/aromatic N) is 2. The van der Waals surface area contributed by atoms with Crippen molar-refractivity contribution in [1.29, 1.82) is 0 Å². The molecular formula is C19H24N4O3. The van der Waals surface area contributed by atoms with Crippen molar-refractivity contribution in [3.05, 3.63) is 59.2 Å². The summed E-state index contributed by atoms with van der Waals surface area (Å²) in [5, 5.41) is 15.3. The van der Waals surface area contributed by atoms with E-state index in [1.165, 1.54) is 0 Å². The molecule has 0 saturated carbocycles. The quantitative estimate of drug-likeness (QED) is 0.659. The van der Waals surface area contributed by atoms with Crippen LogP contribution in [0.4, 0.5) is 0 Å². The van der Waals surface area contributed by atoms with Gasteiger partial charge in [-0.05, 0) is 37.1 Å². The number of carbonyl (C=O) groups is 2. The highest BCUT2D eigenvalue weighted by molar-refractivity contribution is 5.79. The van der Waals surface area contributed by atoms with Gasteiger partial charge in [-0.1, -0.05) is 12.1 Å². The molecule has 2 aromatic heterocycles. The zero-order chi connectivity index (χ0) is 18.9. The third-order valence-corrected chi connectivity index (χ3v) is 3.72. The average Bonchev–Trinajstić information content (AvgIpc) is 2.60. The first-order valence-electron chi connectivity index (χ1n) is 8.47. The van der Waals surface area contributed by atoms with Crippen molar-refractivity contribution >= 4 is 11.8 Å². The minimum absolute atomic E-state index is 0.137. The highest BCUT2D eigenvalue weighted by atomic mass is 16.3. The fourth-order valence-corrected chi connectivity index (χ4v) is 2.23. The lowest BCUT2D eigenvalue weighted by Crippen LogP contribution is -2.31. The van der Waals surface area contributed by atoms with Gasteiger partial charge in [0.1, 0.15) is 0 Å². The van der Waals surface area contributed by atoms with Gasteiger partial charge in [-0.15, -0.1) is 0 Å². The molecule has 2 heterocycles. The smallest absolute Gasteiger partial charge is 0.222 e. The van der Waals surface area contributed by atoms with E-state index in [-0.39, 0.29) is 37.7 Å². The minimum atomic E-state index is -1.04. The summed E-state index contributed by atoms with van der Waals surface area (Å²) < 4.78 is 0. The van der Waals surface area contributed by atoms with Crippen LogP contribution in [-0.2, 0) is 22.7 Å². The molecule has 0 aromatic carbocycles. The van der Waals surface area contributed by atoms with Crippen molar-refractivity contribution in [2.24, 2.45) is 0 Å². The zero-order valence-corrected chi connectivity index (χ0v) is 15.0. The van der Waals surface area contributed by atoms with Crippen LogP contribution in [0.5, 0.6) is 0 Å². The average molecular weight is 356 g/mol. The summed E-state index contributed by atoms with van der Waals surface area (Å²) in [5.74, 6) is -0.652. The number of aryl methyl sites for hydroxylation is 2. The lowest BCUT2D eigenvalue weighted by atomic mass is 10.1. The summed E-state index contributed by atoms with van der Waals surface area (Å²) in [5.41, 5.74) is 3.56. The molecule has 0 bridgehead atoms. The Balaban J connectivity index is 1.67. The molecule has 0 saturated heterocycles. The van der Waals surface area contributed by atoms with Gasteiger partial charge in [0.15, 0.2) is 0 Å². The lowest BCUT2D eigenvalue weighted by molar-refractivity contribution is -0.126. The number of hydrogen-bond donors (Lipinski definition) is 3. The molecule has 0 unspecified atom stereocenters. The molecule has 0 aliphatic rings. The predicted molar refractivity (Wildman–Crippen MR) is 96.9 cm³/mol. The number of hydrogen-bond acceptors (Lipinski definition) is 5. The Bertz CT molecular complexity index is 666. The van der Waals surface area contributed by atoms with Crippen molar-refractivity contribution < 1.29 is 14.7 Å². The summed E-state index contributed by atoms with van der Waals surface area (Å²) in [7, 11) is 0. The van der Waals surface area contributed by atoms with E-state index >= 15 is 0 Å². The van der Waals surface area contributed by atoms with Crippen LogP contribution < -0.4 is 10.6 Å². The summed E-state index contributed by atoms with van der Waals surface area (Å²) in [6.45, 7) is 4.45. The first-order valence-corrected chi connectivity index (χ1v) is 8.47. The van der Waals surface area contributed by atoms with Gasteiger partial charge in [-0.3, -0.25) is 19.6 Å². The number of aliphatic hydroxyl groups excluding tert-OH is 1. The number of nitrogens with one attached hydrogen (secondary N) is 2. The molecule has 0 aliphatic heterocycles. The monoisotopic (exact) mass is 356 g/mol. The van der Waals surface area contributed by atoms with Gasteiger partial charge in [0, 0.05) is 12.4 Å². The van der Waals surface area contributed by atoms with Crippen LogP contribution >= 0.6 is 0 Å². The Hall–Kier alpha value is -2.80. The van der Waals surface area contributed by atoms with Gasteiger partial charge >= 0.3 is 0 Å². The number of aliphatic hydroxyl groups is 1. The first-order chi connectivity index (χ1) is 12.4. The number of amides is 2. The van der Waals surface area contributed by atoms with Crippen LogP contribution in [-0.4, -0.2) is 33.0 Å². The Labute approximate surface area is 152 Å². The molecular weight excluding hydrogens is 332 g/mol. The second-order valence-corrected chi connectivity index (χ2v) is 6.27. The topological polar surface area (TPSA) is 104 Å². The Kier molecular flexibility index (Phi) is 7.23. The van der Waals surface area contributed by atoms with E-state index < -0.39 is 6.10 Å². The molecule has 2 amide bonds. The molecule has 7 heteroatoms. The van der Waals surface area contributed by atoms with E-state index in [0.29, 0.717) is 0 Å². The van der Waals surface area contributed by atoms with E-state index in [1.54, 1.807) is 12.4 Å². The maximum Gasteiger partial charge on any atom is 0.222 e. The van der Waals surface area contributed by atoms with Crippen molar-refractivity contribution in [2.45, 2.75) is 45.9 Å². The highest BCUT2D eigenvalue weighted by Crippen LogP contribution is 2.02. The lowest BCUT2D eigenvalue weighted by Gasteiger charge is -2.11. The van der Waals surface area contributed by atoms with Crippen LogP contribution in [0.2, 0.25) is 0 Å². The fourth-order valence-electron chi connectivity index (χ4n) is 2.23. The molecule has 2 rings (SSSR count). The van der Waals surface area contributed by atoms with Crippen molar-refractivity contribution in [3.8, 4) is 0 Å². The number of rotatable bonds is 8. The first kappa shape index (κ1) is 19.5. The zero-order valence-electron chi connectivity index (χ0n) is 15.0. The van der Waals surface area contributed by atoms with Crippen LogP contribution in [0.15, 0.2) is 36.7 Å². The second-order valence-electron chi connectivity index (χ2n) is 6.27. The molecule has 2 aromatic rings. The summed E-state index contributed by atoms with van der Waals surface area (Å²) >= 11 is 0. The van der Waals surface area contributed by atoms with E-state index in [9.17, 15) is 14.7 Å². The van der Waals surface area contributed by atoms with E-state index in [4.69, 9.17) is 0 Å². The molecule has 138 valence electrons. The van der Waals surface area contributed by atoms with Gasteiger partial charge in [0.2, 0.25) is 11.8 Å². The molecule has 3 N–H and O–H groups in total. The molecule has 7 nitrogen and oxygen atoms in total. The maximum absolute atomic E-state index is 11.8. The van der Waals surface area contributed by atoms with Gasteiger partial charge in [-0.2, -0.15) is 0 Å². The van der Waals surface area contributed by atoms with Gasteiger partial charge in [0.05, 0.1) is 43.4 Å². The van der Waals surface area contributed by atoms with Crippen molar-refractivity contribution in [2.75, 3.05) is 0 Å². The summed E-state index contributed by atoms with van der Waals surface area (Å²) in [6, 6.07) is 7.49. The van der Waals surface area contributed by atoms with Gasteiger partial charge in [-0.25, -0.2) is 0 Å². The van der Waals surface area contributed by atoms with Crippen LogP contribution in [0.1, 0.15) is 35.4 Å². The highest BCUT2D eigenvalue weighted by Gasteiger charge is 2.15. The van der Waals surface area contributed by atoms with E-state index in [1.807, 2.05) is 38.1 Å². The normalized spacial score (nSPS) is 10.6. The van der Waals surface area contributed by atoms with Gasteiger partial charge < -0.3 is 15.7 Å². The molecule has 0 aliphatic carbocycles. The third kappa shape index (κ3) is 6.98. The third-order valence-electron chi connectivity index (χ3n) is 3.72. The maximum atomic E-state index is 11.8. The van der Waals surface area contributed by atoms with Crippen molar-refractivity contribution in [1.82, 2.24) is 20.6 Å². The van der Waals surface area contributed by atoms with Crippen LogP contribution in [0.3, 0.4) is 0 Å². The molecule has 0 fully saturated rings. The standard InChI is InChI=1S/C19H24N4O3/c1-13-3-5-15(20-9-13)11-22-18(25)7-17(24)8-19(26)23-12-16-6-4-14(2)10-21-16/h3-6,9-10,17,24H,7-8,11-12H2,1-2H3,(H,22,25)(H,23,26). The van der Waals surface area contributed by atoms with E-state index in [2.05, 4.69) is 20.6 Å². The predicted octanol–water partition coefficient (Wildman–Crippen LogP) is 1.17. The number of aromatic nitrogens is 2. The SMILES string of the molecule is Cc1ccc(CNC(=O)CC(O)CC(=O)NCc2ccc(C)cn2)nc1. The summed E-state index contributed by atoms with van der Waals surface area (Å²) in [4.78, 5) is 32.1. The van der Waals surface area contributed by atoms with Crippen molar-refractivity contribution in [3.63, 3.8) is 0 Å². The van der Waals surface area contributed by atoms with Crippen LogP contribution in [0.25, 0.3) is 0 Å². The van der Waals surface area contributed by atoms with Crippen LogP contribution in [0, 0.1) is 13.8 Å². The Morgan fingerprint density at radius 1 is 0.885 bits per heavy atom. The molecule has 26 heavy (non-hydrogen) atoms. The van der Waals surface area contributed by atoms with Gasteiger partial charge in [0.25, 0.3) is 0 Å². The largest absolute Gasteiger partial charge is 0.392 e. The van der Waals surface area contributed by atoms with E-state index in [0.717, 1.165) is 22.5 Å². The Morgan fingerprint density at radius 3 is 1.65 bits per heavy atom. The fraction of sp³-hybridized carbons (Fsp3) is 0.368. The molecule has 0 radical (unpaired) electrons. The summed E-state index contributed by atoms with van der Waals surface area (Å²) in [6.07, 6.45) is 2.14. The minimum Gasteiger partial charge on any atom is -0.392 e. The number of carbonyl (C=O) groups excluding carboxylic acids is 2. The molecule has 0 atom stereocenters. The Morgan fingerprint density at radius 2 is 1.31 bits per heavy atom.